The molecule has 2 atom stereocenters. The number of carboxylic acid groups (broad SMARTS) is 1. The molecule has 0 spiro atoms. The number of hydrogen-bond donors (Lipinski definition) is 3. The molecule has 1 amide bonds. The molecular formula is C19H30N2O4. The number of hydrazine groups is 1. The van der Waals surface area contributed by atoms with Crippen molar-refractivity contribution in [3.63, 3.8) is 0 Å². The van der Waals surface area contributed by atoms with Gasteiger partial charge in [-0.05, 0) is 18.9 Å². The number of amides is 1. The third-order valence-corrected chi connectivity index (χ3v) is 4.05. The van der Waals surface area contributed by atoms with Crippen molar-refractivity contribution in [3.8, 4) is 0 Å². The van der Waals surface area contributed by atoms with Crippen molar-refractivity contribution in [2.24, 2.45) is 11.8 Å². The average molecular weight is 350 g/mol. The summed E-state index contributed by atoms with van der Waals surface area (Å²) in [7, 11) is 0. The van der Waals surface area contributed by atoms with Crippen molar-refractivity contribution in [3.05, 3.63) is 35.9 Å². The SMILES string of the molecule is CCCCCCC(=O)C(c1ccccc1)C(C)C(C)=O.NNC(=O)O. The van der Waals surface area contributed by atoms with Gasteiger partial charge in [-0.25, -0.2) is 10.6 Å². The summed E-state index contributed by atoms with van der Waals surface area (Å²) in [6.45, 7) is 5.60. The predicted molar refractivity (Wildman–Crippen MR) is 98.1 cm³/mol. The van der Waals surface area contributed by atoms with E-state index in [9.17, 15) is 9.59 Å². The molecule has 0 aliphatic heterocycles. The van der Waals surface area contributed by atoms with Crippen LogP contribution in [0.3, 0.4) is 0 Å². The van der Waals surface area contributed by atoms with Crippen LogP contribution in [0.5, 0.6) is 0 Å². The van der Waals surface area contributed by atoms with Gasteiger partial charge in [0.2, 0.25) is 0 Å². The van der Waals surface area contributed by atoms with E-state index in [1.165, 1.54) is 18.3 Å². The largest absolute Gasteiger partial charge is 0.464 e. The number of carbonyl (C=O) groups excluding carboxylic acids is 2. The number of ketones is 2. The van der Waals surface area contributed by atoms with Gasteiger partial charge >= 0.3 is 6.09 Å². The van der Waals surface area contributed by atoms with Crippen molar-refractivity contribution in [1.82, 2.24) is 5.43 Å². The van der Waals surface area contributed by atoms with Crippen molar-refractivity contribution in [2.45, 2.75) is 58.8 Å². The number of nitrogens with one attached hydrogen (secondary N) is 1. The summed E-state index contributed by atoms with van der Waals surface area (Å²) in [4.78, 5) is 33.3. The lowest BCUT2D eigenvalue weighted by molar-refractivity contribution is -0.128. The standard InChI is InChI=1S/C18H26O2.CH4N2O2/c1-4-5-6-10-13-17(20)18(14(2)15(3)19)16-11-8-7-9-12-16;2-3-1(4)5/h7-9,11-12,14,18H,4-6,10,13H2,1-3H3;3H,2H2,(H,4,5). The number of unbranched alkanes of at least 4 members (excludes halogenated alkanes) is 3. The first-order valence-electron chi connectivity index (χ1n) is 8.62. The molecule has 25 heavy (non-hydrogen) atoms. The Morgan fingerprint density at radius 2 is 1.68 bits per heavy atom. The molecule has 0 fully saturated rings. The van der Waals surface area contributed by atoms with Crippen LogP contribution in [-0.4, -0.2) is 22.8 Å². The molecule has 0 radical (unpaired) electrons. The molecule has 0 aliphatic carbocycles. The summed E-state index contributed by atoms with van der Waals surface area (Å²) in [6.07, 6.45) is 3.73. The Kier molecular flexibility index (Phi) is 12.0. The highest BCUT2D eigenvalue weighted by Crippen LogP contribution is 2.28. The van der Waals surface area contributed by atoms with Crippen LogP contribution in [0.4, 0.5) is 4.79 Å². The second kappa shape index (κ2) is 13.1. The Hall–Kier alpha value is -2.21. The van der Waals surface area contributed by atoms with Gasteiger partial charge in [-0.2, -0.15) is 0 Å². The van der Waals surface area contributed by atoms with Gasteiger partial charge < -0.3 is 5.11 Å². The lowest BCUT2D eigenvalue weighted by Gasteiger charge is -2.21. The fourth-order valence-electron chi connectivity index (χ4n) is 2.53. The van der Waals surface area contributed by atoms with Crippen LogP contribution in [0.1, 0.15) is 64.4 Å². The number of rotatable bonds is 9. The third kappa shape index (κ3) is 9.62. The smallest absolute Gasteiger partial charge is 0.418 e. The van der Waals surface area contributed by atoms with E-state index < -0.39 is 6.09 Å². The second-order valence-electron chi connectivity index (χ2n) is 6.01. The lowest BCUT2D eigenvalue weighted by atomic mass is 9.80. The Labute approximate surface area is 149 Å². The van der Waals surface area contributed by atoms with Crippen LogP contribution in [0.2, 0.25) is 0 Å². The van der Waals surface area contributed by atoms with E-state index in [2.05, 4.69) is 12.8 Å². The minimum atomic E-state index is -1.22. The molecule has 1 aromatic carbocycles. The molecule has 0 saturated carbocycles. The molecule has 0 heterocycles. The molecular weight excluding hydrogens is 320 g/mol. The van der Waals surface area contributed by atoms with Crippen LogP contribution in [0, 0.1) is 5.92 Å². The zero-order chi connectivity index (χ0) is 19.2. The minimum Gasteiger partial charge on any atom is -0.464 e. The molecule has 2 unspecified atom stereocenters. The molecule has 0 aromatic heterocycles. The summed E-state index contributed by atoms with van der Waals surface area (Å²) in [5, 5.41) is 7.49. The third-order valence-electron chi connectivity index (χ3n) is 4.05. The van der Waals surface area contributed by atoms with E-state index in [1.54, 1.807) is 6.92 Å². The number of benzene rings is 1. The predicted octanol–water partition coefficient (Wildman–Crippen LogP) is 3.66. The Morgan fingerprint density at radius 1 is 1.12 bits per heavy atom. The maximum atomic E-state index is 12.5. The molecule has 0 bridgehead atoms. The van der Waals surface area contributed by atoms with E-state index in [0.717, 1.165) is 18.4 Å². The molecule has 6 heteroatoms. The minimum absolute atomic E-state index is 0.0840. The van der Waals surface area contributed by atoms with Crippen molar-refractivity contribution in [2.75, 3.05) is 0 Å². The highest BCUT2D eigenvalue weighted by molar-refractivity contribution is 5.92. The van der Waals surface area contributed by atoms with E-state index in [0.29, 0.717) is 6.42 Å². The monoisotopic (exact) mass is 350 g/mol. The molecule has 0 aliphatic rings. The Balaban J connectivity index is 0.00000101. The van der Waals surface area contributed by atoms with Gasteiger partial charge in [-0.1, -0.05) is 63.4 Å². The molecule has 1 rings (SSSR count). The normalized spacial score (nSPS) is 12.3. The van der Waals surface area contributed by atoms with Crippen LogP contribution in [0.25, 0.3) is 0 Å². The quantitative estimate of drug-likeness (QED) is 0.272. The fourth-order valence-corrected chi connectivity index (χ4v) is 2.53. The van der Waals surface area contributed by atoms with Crippen LogP contribution in [-0.2, 0) is 9.59 Å². The number of nitrogens with two attached hydrogens (primary N) is 1. The summed E-state index contributed by atoms with van der Waals surface area (Å²) in [6, 6.07) is 9.70. The zero-order valence-corrected chi connectivity index (χ0v) is 15.3. The van der Waals surface area contributed by atoms with Crippen molar-refractivity contribution < 1.29 is 19.5 Å². The van der Waals surface area contributed by atoms with Crippen molar-refractivity contribution in [1.29, 1.82) is 0 Å². The first kappa shape index (κ1) is 22.8. The highest BCUT2D eigenvalue weighted by Gasteiger charge is 2.28. The van der Waals surface area contributed by atoms with Crippen LogP contribution >= 0.6 is 0 Å². The molecule has 140 valence electrons. The summed E-state index contributed by atoms with van der Waals surface area (Å²) < 4.78 is 0. The summed E-state index contributed by atoms with van der Waals surface area (Å²) >= 11 is 0. The van der Waals surface area contributed by atoms with Gasteiger partial charge in [-0.3, -0.25) is 15.0 Å². The van der Waals surface area contributed by atoms with E-state index in [1.807, 2.05) is 37.3 Å². The lowest BCUT2D eigenvalue weighted by Crippen LogP contribution is -2.27. The van der Waals surface area contributed by atoms with Crippen LogP contribution in [0.15, 0.2) is 30.3 Å². The highest BCUT2D eigenvalue weighted by atomic mass is 16.4. The van der Waals surface area contributed by atoms with Gasteiger partial charge in [0.05, 0.1) is 5.92 Å². The number of Topliss-reactive ketones (excluding diaryl/α,β-unsaturated/α-hetero) is 2. The second-order valence-corrected chi connectivity index (χ2v) is 6.01. The van der Waals surface area contributed by atoms with Gasteiger partial charge in [0.1, 0.15) is 11.6 Å². The maximum Gasteiger partial charge on any atom is 0.418 e. The summed E-state index contributed by atoms with van der Waals surface area (Å²) in [5.74, 6) is 4.09. The molecule has 0 saturated heterocycles. The summed E-state index contributed by atoms with van der Waals surface area (Å²) in [5.41, 5.74) is 2.41. The fraction of sp³-hybridized carbons (Fsp3) is 0.526. The van der Waals surface area contributed by atoms with Gasteiger partial charge in [-0.15, -0.1) is 0 Å². The van der Waals surface area contributed by atoms with E-state index >= 15 is 0 Å². The van der Waals surface area contributed by atoms with Crippen LogP contribution < -0.4 is 11.3 Å². The van der Waals surface area contributed by atoms with Gasteiger partial charge in [0.15, 0.2) is 0 Å². The number of carbonyl (C=O) groups is 3. The van der Waals surface area contributed by atoms with Gasteiger partial charge in [0, 0.05) is 12.3 Å². The topological polar surface area (TPSA) is 109 Å². The molecule has 6 nitrogen and oxygen atoms in total. The van der Waals surface area contributed by atoms with Crippen molar-refractivity contribution >= 4 is 17.7 Å². The maximum absolute atomic E-state index is 12.5. The molecule has 1 aromatic rings. The van der Waals surface area contributed by atoms with E-state index in [4.69, 9.17) is 9.90 Å². The Bertz CT molecular complexity index is 531. The average Bonchev–Trinajstić information content (AvgIpc) is 2.60. The first-order chi connectivity index (χ1) is 11.8. The Morgan fingerprint density at radius 3 is 2.12 bits per heavy atom. The first-order valence-corrected chi connectivity index (χ1v) is 8.62. The number of hydrogen-bond acceptors (Lipinski definition) is 4. The van der Waals surface area contributed by atoms with Gasteiger partial charge in [0.25, 0.3) is 0 Å². The van der Waals surface area contributed by atoms with E-state index in [-0.39, 0.29) is 23.4 Å². The zero-order valence-electron chi connectivity index (χ0n) is 15.3. The molecule has 4 N–H and O–H groups in total.